The van der Waals surface area contributed by atoms with Crippen molar-refractivity contribution in [2.24, 2.45) is 0 Å². The van der Waals surface area contributed by atoms with Crippen LogP contribution in [-0.2, 0) is 0 Å². The molecule has 0 amide bonds. The molecule has 0 radical (unpaired) electrons. The average Bonchev–Trinajstić information content (AvgIpc) is 2.76. The highest BCUT2D eigenvalue weighted by molar-refractivity contribution is 5.20. The predicted molar refractivity (Wildman–Crippen MR) is 69.5 cm³/mol. The summed E-state index contributed by atoms with van der Waals surface area (Å²) in [5.41, 5.74) is 0. The minimum atomic E-state index is -9.90. The molecule has 0 aliphatic rings. The van der Waals surface area contributed by atoms with E-state index in [9.17, 15) is 128 Å². The lowest BCUT2D eigenvalue weighted by Crippen LogP contribution is -2.79. The third-order valence-corrected chi connectivity index (χ3v) is 4.89. The summed E-state index contributed by atoms with van der Waals surface area (Å²) >= 11 is 0. The summed E-state index contributed by atoms with van der Waals surface area (Å²) in [5, 5.41) is -4.56. The van der Waals surface area contributed by atoms with Crippen LogP contribution in [-0.4, -0.2) is 82.7 Å². The fourth-order valence-electron chi connectivity index (χ4n) is 2.25. The Bertz CT molecular complexity index is 1010. The van der Waals surface area contributed by atoms with Gasteiger partial charge in [0.15, 0.2) is 0 Å². The van der Waals surface area contributed by atoms with Gasteiger partial charge in [-0.2, -0.15) is 119 Å². The average molecular weight is 721 g/mol. The van der Waals surface area contributed by atoms with Crippen molar-refractivity contribution in [2.45, 2.75) is 77.4 Å². The van der Waals surface area contributed by atoms with Crippen LogP contribution in [0.2, 0.25) is 0 Å². The summed E-state index contributed by atoms with van der Waals surface area (Å²) in [6, 6.07) is -8.25. The first-order valence-corrected chi connectivity index (χ1v) is 8.66. The van der Waals surface area contributed by atoms with Crippen molar-refractivity contribution in [1.29, 1.82) is 0 Å². The van der Waals surface area contributed by atoms with E-state index in [-0.39, 0.29) is 0 Å². The summed E-state index contributed by atoms with van der Waals surface area (Å²) in [4.78, 5) is 0. The molecule has 0 unspecified atom stereocenters. The summed E-state index contributed by atoms with van der Waals surface area (Å²) in [5.74, 6) is -105. The fraction of sp³-hybridized carbons (Fsp3) is 1.00. The van der Waals surface area contributed by atoms with E-state index in [2.05, 4.69) is 0 Å². The van der Waals surface area contributed by atoms with Gasteiger partial charge < -0.3 is 0 Å². The molecule has 0 N–H and O–H groups in total. The quantitative estimate of drug-likeness (QED) is 0.110. The molecule has 0 aromatic carbocycles. The molecule has 0 aromatic rings. The zero-order valence-corrected chi connectivity index (χ0v) is 17.9. The van der Waals surface area contributed by atoms with Gasteiger partial charge in [0.25, 0.3) is 0 Å². The van der Waals surface area contributed by atoms with Crippen molar-refractivity contribution in [1.82, 2.24) is 5.34 Å². The Morgan fingerprint density at radius 3 is 0.488 bits per heavy atom. The van der Waals surface area contributed by atoms with Crippen LogP contribution in [0.3, 0.4) is 0 Å². The van der Waals surface area contributed by atoms with Crippen LogP contribution < -0.4 is 0 Å². The lowest BCUT2D eigenvalue weighted by molar-refractivity contribution is -0.495. The van der Waals surface area contributed by atoms with Gasteiger partial charge in [-0.05, 0) is 0 Å². The lowest BCUT2D eigenvalue weighted by atomic mass is 9.84. The summed E-state index contributed by atoms with van der Waals surface area (Å²) in [7, 11) is 0. The minimum absolute atomic E-state index is 4.56. The van der Waals surface area contributed by atoms with E-state index in [0.717, 1.165) is 0 Å². The van der Waals surface area contributed by atoms with Gasteiger partial charge in [0.05, 0.1) is 5.34 Å². The van der Waals surface area contributed by atoms with Crippen molar-refractivity contribution in [3.8, 4) is 0 Å². The Labute approximate surface area is 212 Å². The third kappa shape index (κ3) is 4.59. The second-order valence-corrected chi connectivity index (χ2v) is 7.59. The van der Waals surface area contributed by atoms with Crippen LogP contribution in [0.15, 0.2) is 0 Å². The van der Waals surface area contributed by atoms with Gasteiger partial charge in [-0.3, -0.25) is 0 Å². The standard InChI is InChI=1S/C13F29N/c14-1(15,2(16,17)4(20,21)6(24,25)8(28,29)10(32,33)12(36,37)38)3(18,19)5(22,23)7(26,27)9(30,31)11(34,35)13(39,40)43(41)42. The number of hydrogen-bond donors (Lipinski definition) is 0. The molecular weight excluding hydrogens is 721 g/mol. The number of halogens is 29. The van der Waals surface area contributed by atoms with Crippen LogP contribution in [0, 0.1) is 0 Å². The smallest absolute Gasteiger partial charge is 0.192 e. The van der Waals surface area contributed by atoms with E-state index in [4.69, 9.17) is 0 Å². The molecule has 0 saturated carbocycles. The topological polar surface area (TPSA) is 3.24 Å². The maximum Gasteiger partial charge on any atom is 0.460 e. The minimum Gasteiger partial charge on any atom is -0.192 e. The SMILES string of the molecule is FN(F)C(F)(F)C(F)(F)C(F)(F)C(F)(F)C(F)(F)C(F)(F)C(F)(F)C(F)(F)C(F)(F)C(F)(F)C(F)(F)C(F)(F)C(F)(F)F. The maximum absolute atomic E-state index is 13.5. The van der Waals surface area contributed by atoms with Crippen LogP contribution in [0.1, 0.15) is 0 Å². The Hall–Kier alpha value is -2.07. The number of nitrogens with zero attached hydrogens (tertiary/aromatic N) is 1. The van der Waals surface area contributed by atoms with E-state index in [1.807, 2.05) is 0 Å². The van der Waals surface area contributed by atoms with Crippen molar-refractivity contribution >= 4 is 0 Å². The highest BCUT2D eigenvalue weighted by Gasteiger charge is 3.00. The van der Waals surface area contributed by atoms with Crippen LogP contribution in [0.4, 0.5) is 128 Å². The van der Waals surface area contributed by atoms with Crippen LogP contribution in [0.5, 0.6) is 0 Å². The first-order valence-electron chi connectivity index (χ1n) is 8.66. The normalized spacial score (nSPS) is 17.2. The molecule has 43 heavy (non-hydrogen) atoms. The Balaban J connectivity index is 7.47. The van der Waals surface area contributed by atoms with Gasteiger partial charge in [0.1, 0.15) is 0 Å². The molecule has 30 heteroatoms. The zero-order chi connectivity index (χ0) is 36.1. The van der Waals surface area contributed by atoms with Gasteiger partial charge in [-0.15, -0.1) is 0 Å². The van der Waals surface area contributed by atoms with Crippen LogP contribution >= 0.6 is 0 Å². The molecule has 260 valence electrons. The van der Waals surface area contributed by atoms with Gasteiger partial charge >= 0.3 is 77.4 Å². The van der Waals surface area contributed by atoms with E-state index in [1.54, 1.807) is 0 Å². The van der Waals surface area contributed by atoms with E-state index in [1.165, 1.54) is 0 Å². The number of rotatable bonds is 12. The molecule has 0 saturated heterocycles. The second kappa shape index (κ2) is 9.71. The molecule has 0 heterocycles. The highest BCUT2D eigenvalue weighted by atomic mass is 19.4. The summed E-state index contributed by atoms with van der Waals surface area (Å²) in [6.45, 7) is 0. The first kappa shape index (κ1) is 40.9. The van der Waals surface area contributed by atoms with E-state index >= 15 is 0 Å². The maximum atomic E-state index is 13.5. The molecule has 0 spiro atoms. The highest BCUT2D eigenvalue weighted by Crippen LogP contribution is 2.68. The molecule has 0 fully saturated rings. The molecular formula is C13F29N. The van der Waals surface area contributed by atoms with Crippen molar-refractivity contribution in [3.05, 3.63) is 0 Å². The van der Waals surface area contributed by atoms with Crippen LogP contribution in [0.25, 0.3) is 0 Å². The first-order chi connectivity index (χ1) is 17.9. The van der Waals surface area contributed by atoms with Gasteiger partial charge in [0.2, 0.25) is 0 Å². The Morgan fingerprint density at radius 2 is 0.349 bits per heavy atom. The number of alkyl halides is 27. The summed E-state index contributed by atoms with van der Waals surface area (Å²) < 4.78 is 376. The van der Waals surface area contributed by atoms with Crippen molar-refractivity contribution in [2.75, 3.05) is 0 Å². The van der Waals surface area contributed by atoms with E-state index < -0.39 is 82.7 Å². The second-order valence-electron chi connectivity index (χ2n) is 7.59. The van der Waals surface area contributed by atoms with Crippen molar-refractivity contribution < 1.29 is 128 Å². The zero-order valence-electron chi connectivity index (χ0n) is 17.9. The molecule has 0 aromatic heterocycles. The molecule has 1 nitrogen and oxygen atoms in total. The lowest BCUT2D eigenvalue weighted by Gasteiger charge is -2.46. The molecule has 0 rings (SSSR count). The Morgan fingerprint density at radius 1 is 0.209 bits per heavy atom. The monoisotopic (exact) mass is 721 g/mol. The summed E-state index contributed by atoms with van der Waals surface area (Å²) in [6.07, 6.45) is -8.28. The van der Waals surface area contributed by atoms with Crippen molar-refractivity contribution in [3.63, 3.8) is 0 Å². The van der Waals surface area contributed by atoms with Gasteiger partial charge in [-0.1, -0.05) is 8.96 Å². The molecule has 0 aliphatic heterocycles. The third-order valence-electron chi connectivity index (χ3n) is 4.89. The fourth-order valence-corrected chi connectivity index (χ4v) is 2.25. The predicted octanol–water partition coefficient (Wildman–Crippen LogP) is 9.20. The number of hydrogen-bond acceptors (Lipinski definition) is 1. The molecule has 0 bridgehead atoms. The largest absolute Gasteiger partial charge is 0.460 e. The van der Waals surface area contributed by atoms with Gasteiger partial charge in [-0.25, -0.2) is 0 Å². The van der Waals surface area contributed by atoms with Gasteiger partial charge in [0, 0.05) is 0 Å². The van der Waals surface area contributed by atoms with E-state index in [0.29, 0.717) is 0 Å². The molecule has 0 atom stereocenters. The Kier molecular flexibility index (Phi) is 9.25. The molecule has 0 aliphatic carbocycles.